The number of thioether (sulfide) groups is 1. The molecule has 1 aromatic heterocycles. The van der Waals surface area contributed by atoms with Crippen LogP contribution >= 0.6 is 23.1 Å². The molecule has 1 amide bonds. The van der Waals surface area contributed by atoms with Gasteiger partial charge < -0.3 is 10.2 Å². The van der Waals surface area contributed by atoms with E-state index in [2.05, 4.69) is 65.7 Å². The first kappa shape index (κ1) is 23.2. The second kappa shape index (κ2) is 11.3. The Kier molecular flexibility index (Phi) is 7.94. The Morgan fingerprint density at radius 2 is 1.76 bits per heavy atom. The zero-order valence-corrected chi connectivity index (χ0v) is 20.5. The van der Waals surface area contributed by atoms with Crippen LogP contribution < -0.4 is 5.32 Å². The van der Waals surface area contributed by atoms with E-state index in [9.17, 15) is 4.79 Å². The first-order valence-corrected chi connectivity index (χ1v) is 12.7. The minimum atomic E-state index is -0.0625. The number of carbonyl (C=O) groups excluding carboxylic acids is 1. The molecule has 168 valence electrons. The standard InChI is InChI=1S/C27H27N3OS2/c1-30(2)16-20-11-13-21(14-12-20)24-8-4-3-7-22(24)15-28-27(31)25-9-5-6-10-26(25)33-18-23-17-32-19-29-23/h3-14,17,19H,15-16,18H2,1-2H3,(H,28,31). The van der Waals surface area contributed by atoms with Crippen LogP contribution in [-0.2, 0) is 18.8 Å². The Labute approximate surface area is 203 Å². The van der Waals surface area contributed by atoms with E-state index in [4.69, 9.17) is 0 Å². The molecular formula is C27H27N3OS2. The summed E-state index contributed by atoms with van der Waals surface area (Å²) in [6.07, 6.45) is 0. The summed E-state index contributed by atoms with van der Waals surface area (Å²) in [7, 11) is 4.14. The van der Waals surface area contributed by atoms with Crippen molar-refractivity contribution in [3.05, 3.63) is 106 Å². The van der Waals surface area contributed by atoms with Crippen LogP contribution in [0.3, 0.4) is 0 Å². The second-order valence-corrected chi connectivity index (χ2v) is 9.78. The molecule has 0 saturated heterocycles. The predicted octanol–water partition coefficient (Wildman–Crippen LogP) is 6.09. The zero-order chi connectivity index (χ0) is 23.0. The number of benzene rings is 3. The zero-order valence-electron chi connectivity index (χ0n) is 18.8. The SMILES string of the molecule is CN(C)Cc1ccc(-c2ccccc2CNC(=O)c2ccccc2SCc2cscn2)cc1. The minimum Gasteiger partial charge on any atom is -0.348 e. The van der Waals surface area contributed by atoms with Crippen LogP contribution in [-0.4, -0.2) is 29.9 Å². The van der Waals surface area contributed by atoms with Gasteiger partial charge in [0.15, 0.2) is 0 Å². The van der Waals surface area contributed by atoms with E-state index in [1.54, 1.807) is 23.1 Å². The average molecular weight is 474 g/mol. The van der Waals surface area contributed by atoms with Crippen molar-refractivity contribution in [1.29, 1.82) is 0 Å². The van der Waals surface area contributed by atoms with Gasteiger partial charge in [-0.15, -0.1) is 23.1 Å². The van der Waals surface area contributed by atoms with Gasteiger partial charge in [-0.2, -0.15) is 0 Å². The summed E-state index contributed by atoms with van der Waals surface area (Å²) >= 11 is 3.23. The number of nitrogens with one attached hydrogen (secondary N) is 1. The van der Waals surface area contributed by atoms with Gasteiger partial charge in [-0.05, 0) is 48.5 Å². The number of hydrogen-bond donors (Lipinski definition) is 1. The molecule has 1 heterocycles. The Hall–Kier alpha value is -2.93. The summed E-state index contributed by atoms with van der Waals surface area (Å²) < 4.78 is 0. The fourth-order valence-corrected chi connectivity index (χ4v) is 5.24. The maximum atomic E-state index is 13.1. The molecule has 0 radical (unpaired) electrons. The third-order valence-electron chi connectivity index (χ3n) is 5.21. The molecule has 4 rings (SSSR count). The summed E-state index contributed by atoms with van der Waals surface area (Å²) in [5.74, 6) is 0.688. The lowest BCUT2D eigenvalue weighted by Gasteiger charge is -2.14. The quantitative estimate of drug-likeness (QED) is 0.299. The van der Waals surface area contributed by atoms with Crippen molar-refractivity contribution in [3.8, 4) is 11.1 Å². The molecule has 0 aliphatic heterocycles. The fraction of sp³-hybridized carbons (Fsp3) is 0.185. The molecule has 6 heteroatoms. The van der Waals surface area contributed by atoms with Crippen LogP contribution in [0.25, 0.3) is 11.1 Å². The van der Waals surface area contributed by atoms with Gasteiger partial charge in [0.1, 0.15) is 0 Å². The normalized spacial score (nSPS) is 11.0. The third-order valence-corrected chi connectivity index (χ3v) is 6.95. The van der Waals surface area contributed by atoms with Crippen molar-refractivity contribution in [2.24, 2.45) is 0 Å². The van der Waals surface area contributed by atoms with E-state index in [0.717, 1.165) is 39.6 Å². The highest BCUT2D eigenvalue weighted by Crippen LogP contribution is 2.27. The molecule has 3 aromatic carbocycles. The largest absolute Gasteiger partial charge is 0.348 e. The molecule has 0 saturated carbocycles. The van der Waals surface area contributed by atoms with Gasteiger partial charge in [0, 0.05) is 29.1 Å². The Bertz CT molecular complexity index is 1190. The molecule has 0 atom stereocenters. The van der Waals surface area contributed by atoms with Crippen molar-refractivity contribution in [1.82, 2.24) is 15.2 Å². The molecule has 0 bridgehead atoms. The van der Waals surface area contributed by atoms with Crippen molar-refractivity contribution in [2.45, 2.75) is 23.7 Å². The highest BCUT2D eigenvalue weighted by molar-refractivity contribution is 7.98. The predicted molar refractivity (Wildman–Crippen MR) is 139 cm³/mol. The molecule has 0 aliphatic carbocycles. The summed E-state index contributed by atoms with van der Waals surface area (Å²) in [5.41, 5.74) is 8.23. The highest BCUT2D eigenvalue weighted by Gasteiger charge is 2.13. The van der Waals surface area contributed by atoms with Crippen LogP contribution in [0.5, 0.6) is 0 Å². The summed E-state index contributed by atoms with van der Waals surface area (Å²) in [4.78, 5) is 20.5. The van der Waals surface area contributed by atoms with E-state index in [0.29, 0.717) is 12.1 Å². The molecule has 4 nitrogen and oxygen atoms in total. The molecular weight excluding hydrogens is 446 g/mol. The van der Waals surface area contributed by atoms with Gasteiger partial charge in [-0.1, -0.05) is 60.7 Å². The van der Waals surface area contributed by atoms with Crippen molar-refractivity contribution in [2.75, 3.05) is 14.1 Å². The maximum absolute atomic E-state index is 13.1. The van der Waals surface area contributed by atoms with Crippen LogP contribution in [0.4, 0.5) is 0 Å². The van der Waals surface area contributed by atoms with E-state index in [1.807, 2.05) is 47.3 Å². The van der Waals surface area contributed by atoms with Gasteiger partial charge >= 0.3 is 0 Å². The molecule has 0 aliphatic rings. The molecule has 0 unspecified atom stereocenters. The summed E-state index contributed by atoms with van der Waals surface area (Å²) in [5, 5.41) is 5.17. The van der Waals surface area contributed by atoms with Gasteiger partial charge in [0.05, 0.1) is 16.8 Å². The Morgan fingerprint density at radius 1 is 1.00 bits per heavy atom. The van der Waals surface area contributed by atoms with E-state index in [-0.39, 0.29) is 5.91 Å². The fourth-order valence-electron chi connectivity index (χ4n) is 3.62. The molecule has 33 heavy (non-hydrogen) atoms. The number of rotatable bonds is 9. The molecule has 0 spiro atoms. The molecule has 0 fully saturated rings. The van der Waals surface area contributed by atoms with E-state index >= 15 is 0 Å². The van der Waals surface area contributed by atoms with Gasteiger partial charge in [0.25, 0.3) is 5.91 Å². The number of aromatic nitrogens is 1. The van der Waals surface area contributed by atoms with Crippen LogP contribution in [0.15, 0.2) is 88.6 Å². The van der Waals surface area contributed by atoms with E-state index in [1.165, 1.54) is 5.56 Å². The number of thiazole rings is 1. The lowest BCUT2D eigenvalue weighted by atomic mass is 9.98. The number of amides is 1. The summed E-state index contributed by atoms with van der Waals surface area (Å²) in [6.45, 7) is 1.39. The Balaban J connectivity index is 1.45. The minimum absolute atomic E-state index is 0.0625. The summed E-state index contributed by atoms with van der Waals surface area (Å²) in [6, 6.07) is 24.6. The molecule has 4 aromatic rings. The topological polar surface area (TPSA) is 45.2 Å². The third kappa shape index (κ3) is 6.32. The smallest absolute Gasteiger partial charge is 0.252 e. The van der Waals surface area contributed by atoms with Gasteiger partial charge in [-0.25, -0.2) is 4.98 Å². The first-order chi connectivity index (χ1) is 16.1. The lowest BCUT2D eigenvalue weighted by Crippen LogP contribution is -2.23. The highest BCUT2D eigenvalue weighted by atomic mass is 32.2. The van der Waals surface area contributed by atoms with Crippen molar-refractivity contribution >= 4 is 29.0 Å². The van der Waals surface area contributed by atoms with Crippen LogP contribution in [0.1, 0.15) is 27.2 Å². The van der Waals surface area contributed by atoms with Crippen molar-refractivity contribution in [3.63, 3.8) is 0 Å². The number of carbonyl (C=O) groups is 1. The number of hydrogen-bond acceptors (Lipinski definition) is 5. The number of nitrogens with zero attached hydrogens (tertiary/aromatic N) is 2. The first-order valence-electron chi connectivity index (χ1n) is 10.8. The molecule has 1 N–H and O–H groups in total. The van der Waals surface area contributed by atoms with Crippen LogP contribution in [0.2, 0.25) is 0 Å². The average Bonchev–Trinajstić information content (AvgIpc) is 3.35. The van der Waals surface area contributed by atoms with Gasteiger partial charge in [-0.3, -0.25) is 4.79 Å². The van der Waals surface area contributed by atoms with E-state index < -0.39 is 0 Å². The maximum Gasteiger partial charge on any atom is 0.252 e. The van der Waals surface area contributed by atoms with Gasteiger partial charge in [0.2, 0.25) is 0 Å². The van der Waals surface area contributed by atoms with Crippen molar-refractivity contribution < 1.29 is 4.79 Å². The Morgan fingerprint density at radius 3 is 2.52 bits per heavy atom. The second-order valence-electron chi connectivity index (χ2n) is 8.04. The lowest BCUT2D eigenvalue weighted by molar-refractivity contribution is 0.0948. The van der Waals surface area contributed by atoms with Crippen LogP contribution in [0, 0.1) is 0 Å². The monoisotopic (exact) mass is 473 g/mol.